The molecule has 0 aromatic heterocycles. The van der Waals surface area contributed by atoms with Crippen LogP contribution in [0.15, 0.2) is 0 Å². The number of hydrogen-bond donors (Lipinski definition) is 0. The van der Waals surface area contributed by atoms with Crippen LogP contribution in [0.2, 0.25) is 0 Å². The van der Waals surface area contributed by atoms with Crippen molar-refractivity contribution in [3.63, 3.8) is 0 Å². The lowest BCUT2D eigenvalue weighted by Gasteiger charge is -1.63. The molecule has 0 spiro atoms. The standard InChI is InChI=1S/HN2O2S/c1-5(2,3)4/h1H. The van der Waals surface area contributed by atoms with Gasteiger partial charge in [0.2, 0.25) is 0 Å². The zero-order valence-corrected chi connectivity index (χ0v) is 2.99. The van der Waals surface area contributed by atoms with Crippen molar-refractivity contribution in [1.82, 2.24) is 10.3 Å². The van der Waals surface area contributed by atoms with Crippen LogP contribution in [-0.2, 0) is 10.2 Å². The summed E-state index contributed by atoms with van der Waals surface area (Å²) in [5.41, 5.74) is 0. The average molecular weight is 93.1 g/mol. The molecule has 0 unspecified atom stereocenters. The summed E-state index contributed by atoms with van der Waals surface area (Å²) in [6, 6.07) is 0. The molecule has 0 rings (SSSR count). The van der Waals surface area contributed by atoms with Crippen LogP contribution in [0.3, 0.4) is 0 Å². The zero-order chi connectivity index (χ0) is 4.50. The molecule has 29 valence electrons. The molecular formula is HN2O2S. The molecule has 0 amide bonds. The first kappa shape index (κ1) is 4.87. The fourth-order valence-electron chi connectivity index (χ4n) is 0. The molecule has 0 aliphatic heterocycles. The van der Waals surface area contributed by atoms with Crippen LogP contribution >= 0.6 is 0 Å². The Morgan fingerprint density at radius 2 is 1.60 bits per heavy atom. The fourth-order valence-corrected chi connectivity index (χ4v) is 0. The second-order valence-electron chi connectivity index (χ2n) is 0.475. The number of nitrogens with one attached hydrogen (secondary N) is 1. The van der Waals surface area contributed by atoms with Crippen molar-refractivity contribution in [3.05, 3.63) is 0 Å². The van der Waals surface area contributed by atoms with Crippen LogP contribution in [0, 0.1) is 0 Å². The van der Waals surface area contributed by atoms with Gasteiger partial charge in [-0.3, -0.25) is 0 Å². The second-order valence-corrected chi connectivity index (χ2v) is 1.43. The minimum atomic E-state index is -4.42. The number of hydrogen-bond acceptors (Lipinski definition) is 2. The van der Waals surface area contributed by atoms with E-state index in [1.165, 1.54) is 0 Å². The van der Waals surface area contributed by atoms with Gasteiger partial charge in [-0.2, -0.15) is 8.42 Å². The summed E-state index contributed by atoms with van der Waals surface area (Å²) < 4.78 is 17.7. The van der Waals surface area contributed by atoms with Crippen molar-refractivity contribution in [2.45, 2.75) is 0 Å². The van der Waals surface area contributed by atoms with Gasteiger partial charge in [0.05, 0.1) is 0 Å². The van der Waals surface area contributed by atoms with E-state index in [1.54, 1.807) is 0 Å². The molecule has 0 aromatic carbocycles. The average Bonchev–Trinajstić information content (AvgIpc) is 0.722. The van der Waals surface area contributed by atoms with Crippen LogP contribution in [0.25, 0.3) is 0 Å². The molecule has 0 heterocycles. The number of nitrogens with zero attached hydrogens (tertiary/aromatic N) is 1. The van der Waals surface area contributed by atoms with E-state index in [0.29, 0.717) is 0 Å². The molecule has 4 nitrogen and oxygen atoms in total. The Hall–Kier alpha value is -0.130. The highest BCUT2D eigenvalue weighted by atomic mass is 32.2. The van der Waals surface area contributed by atoms with Crippen molar-refractivity contribution in [3.8, 4) is 0 Å². The Balaban J connectivity index is 4.06. The maximum absolute atomic E-state index is 8.85. The monoisotopic (exact) mass is 93.0 g/mol. The van der Waals surface area contributed by atoms with Gasteiger partial charge in [0.25, 0.3) is 0 Å². The van der Waals surface area contributed by atoms with Gasteiger partial charge < -0.3 is 0 Å². The van der Waals surface area contributed by atoms with Crippen molar-refractivity contribution < 1.29 is 8.42 Å². The Bertz CT molecular complexity index is 90.8. The quantitative estimate of drug-likeness (QED) is 0.368. The van der Waals surface area contributed by atoms with Gasteiger partial charge in [-0.1, -0.05) is 0 Å². The molecule has 0 saturated carbocycles. The van der Waals surface area contributed by atoms with Gasteiger partial charge in [-0.25, -0.2) is 0 Å². The molecule has 5 heavy (non-hydrogen) atoms. The predicted octanol–water partition coefficient (Wildman–Crippen LogP) is -1.42. The summed E-state index contributed by atoms with van der Waals surface area (Å²) in [7, 11) is -4.42. The molecule has 1 N–H and O–H groups in total. The van der Waals surface area contributed by atoms with Gasteiger partial charge in [-0.15, -0.1) is 5.14 Å². The van der Waals surface area contributed by atoms with Gasteiger partial charge in [0.1, 0.15) is 0 Å². The molecule has 0 aliphatic rings. The molecule has 0 aromatic rings. The molecule has 0 saturated heterocycles. The van der Waals surface area contributed by atoms with Crippen molar-refractivity contribution in [2.24, 2.45) is 0 Å². The maximum Gasteiger partial charge on any atom is 0.324 e. The lowest BCUT2D eigenvalue weighted by Crippen LogP contribution is -1.96. The second kappa shape index (κ2) is 0.925. The molecule has 0 bridgehead atoms. The van der Waals surface area contributed by atoms with E-state index in [1.807, 2.05) is 0 Å². The van der Waals surface area contributed by atoms with Gasteiger partial charge in [0, 0.05) is 5.14 Å². The summed E-state index contributed by atoms with van der Waals surface area (Å²) in [4.78, 5) is 0. The van der Waals surface area contributed by atoms with E-state index < -0.39 is 10.2 Å². The van der Waals surface area contributed by atoms with Crippen LogP contribution in [0.5, 0.6) is 0 Å². The van der Waals surface area contributed by atoms with Gasteiger partial charge in [-0.05, 0) is 0 Å². The highest BCUT2D eigenvalue weighted by Crippen LogP contribution is 1.53. The fraction of sp³-hybridized carbons (Fsp3) is 0. The number of rotatable bonds is 0. The lowest BCUT2D eigenvalue weighted by molar-refractivity contribution is 0.596. The zero-order valence-electron chi connectivity index (χ0n) is 2.17. The normalized spacial score (nSPS) is 11.6. The molecule has 3 radical (unpaired) electrons. The van der Waals surface area contributed by atoms with E-state index in [-0.39, 0.29) is 0 Å². The smallest absolute Gasteiger partial charge is 0.191 e. The van der Waals surface area contributed by atoms with Crippen LogP contribution in [0.1, 0.15) is 0 Å². The summed E-state index contributed by atoms with van der Waals surface area (Å²) in [6.07, 6.45) is 0. The summed E-state index contributed by atoms with van der Waals surface area (Å²) in [5, 5.41) is 12.6. The Morgan fingerprint density at radius 3 is 1.60 bits per heavy atom. The summed E-state index contributed by atoms with van der Waals surface area (Å²) >= 11 is 0. The minimum absolute atomic E-state index is 4.42. The van der Waals surface area contributed by atoms with E-state index in [9.17, 15) is 0 Å². The largest absolute Gasteiger partial charge is 0.324 e. The highest BCUT2D eigenvalue weighted by Gasteiger charge is 1.86. The van der Waals surface area contributed by atoms with Crippen LogP contribution < -0.4 is 10.3 Å². The van der Waals surface area contributed by atoms with Gasteiger partial charge >= 0.3 is 10.2 Å². The first-order chi connectivity index (χ1) is 2.00. The van der Waals surface area contributed by atoms with Crippen LogP contribution in [0.4, 0.5) is 0 Å². The molecular weight excluding hydrogens is 92.1 g/mol. The highest BCUT2D eigenvalue weighted by molar-refractivity contribution is 7.86. The molecule has 0 aliphatic carbocycles. The summed E-state index contributed by atoms with van der Waals surface area (Å²) in [5.74, 6) is 0. The molecule has 0 fully saturated rings. The molecule has 0 atom stereocenters. The SMILES string of the molecule is [N]S([NH])(=O)=O. The van der Waals surface area contributed by atoms with Crippen molar-refractivity contribution in [1.29, 1.82) is 0 Å². The molecule has 5 heteroatoms. The maximum atomic E-state index is 8.85. The summed E-state index contributed by atoms with van der Waals surface area (Å²) in [6.45, 7) is 0. The van der Waals surface area contributed by atoms with E-state index >= 15 is 0 Å². The third-order valence-electron chi connectivity index (χ3n) is 0. The van der Waals surface area contributed by atoms with E-state index in [2.05, 4.69) is 0 Å². The topological polar surface area (TPSA) is 80.2 Å². The van der Waals surface area contributed by atoms with Crippen molar-refractivity contribution >= 4 is 10.2 Å². The first-order valence-electron chi connectivity index (χ1n) is 0.720. The Morgan fingerprint density at radius 1 is 1.60 bits per heavy atom. The third kappa shape index (κ3) is 801. The van der Waals surface area contributed by atoms with Crippen LogP contribution in [-0.4, -0.2) is 8.42 Å². The van der Waals surface area contributed by atoms with Crippen molar-refractivity contribution in [2.75, 3.05) is 0 Å². The first-order valence-corrected chi connectivity index (χ1v) is 2.16. The lowest BCUT2D eigenvalue weighted by atomic mass is 13.9. The Labute approximate surface area is 30.0 Å². The minimum Gasteiger partial charge on any atom is -0.191 e. The van der Waals surface area contributed by atoms with Gasteiger partial charge in [0.15, 0.2) is 0 Å². The van der Waals surface area contributed by atoms with E-state index in [4.69, 9.17) is 18.7 Å². The predicted molar refractivity (Wildman–Crippen MR) is 14.2 cm³/mol. The Kier molecular flexibility index (Phi) is 0.901. The van der Waals surface area contributed by atoms with E-state index in [0.717, 1.165) is 0 Å². The third-order valence-corrected chi connectivity index (χ3v) is 0.